The summed E-state index contributed by atoms with van der Waals surface area (Å²) in [5.41, 5.74) is 14.2. The standard InChI is InChI=1S/C35H38N4O4/c1-24-7-5-9-26(15-24)21-42-33-12-4-3-11-28(33)19-39(14-13-30(36)35(40)41)20-29-17-31-32(38-23-37-31)18-34(29)43-22-27-10-6-8-25(2)16-27/h3-12,15-18,23,30H,13-14,19-22,36H2,1-2H3,(H,37,38)(H,40,41)/t30-/m0/s1. The molecule has 5 aromatic rings. The molecule has 8 heteroatoms. The zero-order chi connectivity index (χ0) is 30.2. The molecule has 1 aromatic heterocycles. The van der Waals surface area contributed by atoms with E-state index in [4.69, 9.17) is 15.2 Å². The highest BCUT2D eigenvalue weighted by Gasteiger charge is 2.19. The number of carbonyl (C=O) groups is 1. The van der Waals surface area contributed by atoms with Crippen LogP contribution in [0.3, 0.4) is 0 Å². The Balaban J connectivity index is 1.39. The number of aromatic amines is 1. The van der Waals surface area contributed by atoms with E-state index in [2.05, 4.69) is 65.1 Å². The van der Waals surface area contributed by atoms with E-state index < -0.39 is 12.0 Å². The highest BCUT2D eigenvalue weighted by molar-refractivity contribution is 5.77. The number of aryl methyl sites for hydroxylation is 2. The maximum absolute atomic E-state index is 11.5. The lowest BCUT2D eigenvalue weighted by molar-refractivity contribution is -0.138. The summed E-state index contributed by atoms with van der Waals surface area (Å²) in [5, 5.41) is 9.46. The number of hydrogen-bond acceptors (Lipinski definition) is 6. The lowest BCUT2D eigenvalue weighted by atomic mass is 10.1. The number of aromatic nitrogens is 2. The first-order valence-electron chi connectivity index (χ1n) is 14.5. The molecule has 43 heavy (non-hydrogen) atoms. The summed E-state index contributed by atoms with van der Waals surface area (Å²) in [6.07, 6.45) is 1.97. The first-order valence-corrected chi connectivity index (χ1v) is 14.5. The molecule has 8 nitrogen and oxygen atoms in total. The molecule has 0 fully saturated rings. The van der Waals surface area contributed by atoms with Gasteiger partial charge in [0.1, 0.15) is 30.8 Å². The van der Waals surface area contributed by atoms with Crippen LogP contribution in [0.15, 0.2) is 91.3 Å². The number of aliphatic carboxylic acids is 1. The number of benzene rings is 4. The third-order valence-electron chi connectivity index (χ3n) is 7.39. The number of carboxylic acid groups (broad SMARTS) is 1. The minimum Gasteiger partial charge on any atom is -0.489 e. The maximum atomic E-state index is 11.5. The van der Waals surface area contributed by atoms with Gasteiger partial charge in [0, 0.05) is 36.8 Å². The van der Waals surface area contributed by atoms with E-state index in [9.17, 15) is 9.90 Å². The fourth-order valence-electron chi connectivity index (χ4n) is 5.11. The Morgan fingerprint density at radius 2 is 1.51 bits per heavy atom. The molecule has 0 unspecified atom stereocenters. The number of ether oxygens (including phenoxy) is 2. The van der Waals surface area contributed by atoms with Gasteiger partial charge in [0.2, 0.25) is 0 Å². The van der Waals surface area contributed by atoms with Crippen LogP contribution in [0.4, 0.5) is 0 Å². The number of nitrogens with one attached hydrogen (secondary N) is 1. The normalized spacial score (nSPS) is 12.0. The van der Waals surface area contributed by atoms with Crippen LogP contribution in [-0.2, 0) is 31.1 Å². The molecular formula is C35H38N4O4. The van der Waals surface area contributed by atoms with Crippen LogP contribution in [-0.4, -0.2) is 38.5 Å². The average Bonchev–Trinajstić information content (AvgIpc) is 3.45. The predicted octanol–water partition coefficient (Wildman–Crippen LogP) is 6.14. The molecule has 4 aromatic carbocycles. The van der Waals surface area contributed by atoms with E-state index in [1.165, 1.54) is 11.1 Å². The van der Waals surface area contributed by atoms with Crippen molar-refractivity contribution in [3.63, 3.8) is 0 Å². The van der Waals surface area contributed by atoms with E-state index in [0.717, 1.165) is 44.8 Å². The van der Waals surface area contributed by atoms with Gasteiger partial charge in [-0.25, -0.2) is 4.98 Å². The number of nitrogens with zero attached hydrogens (tertiary/aromatic N) is 2. The lowest BCUT2D eigenvalue weighted by Gasteiger charge is -2.25. The van der Waals surface area contributed by atoms with Crippen LogP contribution in [0.2, 0.25) is 0 Å². The second kappa shape index (κ2) is 14.0. The molecule has 5 rings (SSSR count). The van der Waals surface area contributed by atoms with Gasteiger partial charge < -0.3 is 25.3 Å². The van der Waals surface area contributed by atoms with Crippen LogP contribution in [0, 0.1) is 13.8 Å². The molecule has 1 atom stereocenters. The molecule has 4 N–H and O–H groups in total. The van der Waals surface area contributed by atoms with Crippen molar-refractivity contribution in [2.24, 2.45) is 5.73 Å². The van der Waals surface area contributed by atoms with E-state index >= 15 is 0 Å². The van der Waals surface area contributed by atoms with Crippen LogP contribution in [0.25, 0.3) is 11.0 Å². The van der Waals surface area contributed by atoms with Gasteiger partial charge in [-0.1, -0.05) is 77.9 Å². The Kier molecular flexibility index (Phi) is 9.71. The van der Waals surface area contributed by atoms with Crippen molar-refractivity contribution in [3.8, 4) is 11.5 Å². The van der Waals surface area contributed by atoms with Gasteiger partial charge in [0.05, 0.1) is 17.4 Å². The fourth-order valence-corrected chi connectivity index (χ4v) is 5.11. The molecule has 0 spiro atoms. The Morgan fingerprint density at radius 1 is 0.860 bits per heavy atom. The van der Waals surface area contributed by atoms with Crippen molar-refractivity contribution in [2.75, 3.05) is 6.54 Å². The van der Waals surface area contributed by atoms with Crippen LogP contribution in [0.1, 0.15) is 39.8 Å². The summed E-state index contributed by atoms with van der Waals surface area (Å²) >= 11 is 0. The van der Waals surface area contributed by atoms with Gasteiger partial charge in [0.15, 0.2) is 0 Å². The number of imidazole rings is 1. The molecule has 0 bridgehead atoms. The average molecular weight is 579 g/mol. The first kappa shape index (κ1) is 29.8. The molecule has 0 saturated heterocycles. The summed E-state index contributed by atoms with van der Waals surface area (Å²) in [7, 11) is 0. The Bertz CT molecular complexity index is 1680. The van der Waals surface area contributed by atoms with E-state index in [1.807, 2.05) is 48.5 Å². The molecule has 0 radical (unpaired) electrons. The van der Waals surface area contributed by atoms with Crippen LogP contribution < -0.4 is 15.2 Å². The minimum atomic E-state index is -1.01. The topological polar surface area (TPSA) is 114 Å². The van der Waals surface area contributed by atoms with Gasteiger partial charge in [-0.2, -0.15) is 0 Å². The van der Waals surface area contributed by atoms with Gasteiger partial charge in [0.25, 0.3) is 0 Å². The van der Waals surface area contributed by atoms with Crippen molar-refractivity contribution in [1.29, 1.82) is 0 Å². The van der Waals surface area contributed by atoms with Crippen molar-refractivity contribution in [1.82, 2.24) is 14.9 Å². The van der Waals surface area contributed by atoms with Crippen LogP contribution >= 0.6 is 0 Å². The summed E-state index contributed by atoms with van der Waals surface area (Å²) < 4.78 is 12.6. The number of fused-ring (bicyclic) bond motifs is 1. The number of nitrogens with two attached hydrogens (primary N) is 1. The van der Waals surface area contributed by atoms with E-state index in [-0.39, 0.29) is 0 Å². The monoisotopic (exact) mass is 578 g/mol. The summed E-state index contributed by atoms with van der Waals surface area (Å²) in [6.45, 7) is 6.52. The number of H-pyrrole nitrogens is 1. The summed E-state index contributed by atoms with van der Waals surface area (Å²) in [6, 6.07) is 27.5. The Hall–Kier alpha value is -4.66. The summed E-state index contributed by atoms with van der Waals surface area (Å²) in [4.78, 5) is 21.4. The van der Waals surface area contributed by atoms with Gasteiger partial charge in [-0.3, -0.25) is 9.69 Å². The molecule has 0 saturated carbocycles. The second-order valence-electron chi connectivity index (χ2n) is 11.0. The second-order valence-corrected chi connectivity index (χ2v) is 11.0. The number of hydrogen-bond donors (Lipinski definition) is 3. The molecule has 1 heterocycles. The predicted molar refractivity (Wildman–Crippen MR) is 168 cm³/mol. The highest BCUT2D eigenvalue weighted by Crippen LogP contribution is 2.29. The quantitative estimate of drug-likeness (QED) is 0.145. The van der Waals surface area contributed by atoms with Crippen molar-refractivity contribution >= 4 is 17.0 Å². The van der Waals surface area contributed by atoms with Crippen molar-refractivity contribution in [3.05, 3.63) is 125 Å². The minimum absolute atomic E-state index is 0.299. The number of rotatable bonds is 14. The zero-order valence-corrected chi connectivity index (χ0v) is 24.6. The third kappa shape index (κ3) is 8.22. The Morgan fingerprint density at radius 3 is 2.19 bits per heavy atom. The first-order chi connectivity index (χ1) is 20.8. The SMILES string of the molecule is Cc1cccc(COc2ccccc2CN(CC[C@H](N)C(=O)O)Cc2cc3[nH]cnc3cc2OCc2cccc(C)c2)c1. The molecule has 0 aliphatic heterocycles. The third-order valence-corrected chi connectivity index (χ3v) is 7.39. The highest BCUT2D eigenvalue weighted by atomic mass is 16.5. The molecule has 0 amide bonds. The van der Waals surface area contributed by atoms with Crippen molar-refractivity contribution in [2.45, 2.75) is 52.6 Å². The number of carboxylic acids is 1. The van der Waals surface area contributed by atoms with Crippen LogP contribution in [0.5, 0.6) is 11.5 Å². The summed E-state index contributed by atoms with van der Waals surface area (Å²) in [5.74, 6) is 0.511. The molecule has 222 valence electrons. The van der Waals surface area contributed by atoms with E-state index in [0.29, 0.717) is 39.3 Å². The molecular weight excluding hydrogens is 540 g/mol. The molecule has 0 aliphatic rings. The zero-order valence-electron chi connectivity index (χ0n) is 24.6. The smallest absolute Gasteiger partial charge is 0.320 e. The van der Waals surface area contributed by atoms with Gasteiger partial charge in [-0.05, 0) is 43.5 Å². The largest absolute Gasteiger partial charge is 0.489 e. The van der Waals surface area contributed by atoms with Gasteiger partial charge >= 0.3 is 5.97 Å². The van der Waals surface area contributed by atoms with Crippen molar-refractivity contribution < 1.29 is 19.4 Å². The van der Waals surface area contributed by atoms with E-state index in [1.54, 1.807) is 6.33 Å². The number of para-hydroxylation sites is 1. The maximum Gasteiger partial charge on any atom is 0.320 e. The van der Waals surface area contributed by atoms with Gasteiger partial charge in [-0.15, -0.1) is 0 Å². The Labute approximate surface area is 252 Å². The molecule has 0 aliphatic carbocycles. The fraction of sp³-hybridized carbons (Fsp3) is 0.257. The lowest BCUT2D eigenvalue weighted by Crippen LogP contribution is -2.35.